The van der Waals surface area contributed by atoms with Crippen LogP contribution in [0.25, 0.3) is 21.5 Å². The summed E-state index contributed by atoms with van der Waals surface area (Å²) in [6, 6.07) is 14.9. The molecular formula is C20H22O3. The Morgan fingerprint density at radius 3 is 2.39 bits per heavy atom. The van der Waals surface area contributed by atoms with Crippen LogP contribution < -0.4 is 4.74 Å². The van der Waals surface area contributed by atoms with E-state index < -0.39 is 6.10 Å². The zero-order valence-corrected chi connectivity index (χ0v) is 13.8. The van der Waals surface area contributed by atoms with Crippen LogP contribution in [-0.4, -0.2) is 31.5 Å². The molecule has 0 spiro atoms. The number of hydrogen-bond acceptors (Lipinski definition) is 3. The number of fused-ring (bicyclic) bond motifs is 2. The molecule has 0 fully saturated rings. The summed E-state index contributed by atoms with van der Waals surface area (Å²) >= 11 is 0. The molecule has 0 saturated heterocycles. The Balaban J connectivity index is 2.14. The van der Waals surface area contributed by atoms with Crippen molar-refractivity contribution in [1.29, 1.82) is 0 Å². The number of aliphatic hydroxyl groups excluding tert-OH is 1. The highest BCUT2D eigenvalue weighted by atomic mass is 16.5. The third-order valence-electron chi connectivity index (χ3n) is 4.00. The molecule has 0 saturated carbocycles. The van der Waals surface area contributed by atoms with Crippen LogP contribution in [0.5, 0.6) is 5.75 Å². The average molecular weight is 310 g/mol. The molecule has 0 aromatic heterocycles. The van der Waals surface area contributed by atoms with Crippen LogP contribution in [0.2, 0.25) is 0 Å². The Morgan fingerprint density at radius 1 is 0.870 bits per heavy atom. The van der Waals surface area contributed by atoms with Crippen LogP contribution in [0.1, 0.15) is 11.1 Å². The molecule has 3 aromatic carbocycles. The lowest BCUT2D eigenvalue weighted by molar-refractivity contribution is 0.0333. The maximum atomic E-state index is 9.90. The summed E-state index contributed by atoms with van der Waals surface area (Å²) < 4.78 is 11.0. The van der Waals surface area contributed by atoms with E-state index in [4.69, 9.17) is 9.47 Å². The van der Waals surface area contributed by atoms with Gasteiger partial charge in [-0.15, -0.1) is 0 Å². The maximum absolute atomic E-state index is 9.90. The second kappa shape index (κ2) is 6.57. The topological polar surface area (TPSA) is 38.7 Å². The van der Waals surface area contributed by atoms with E-state index in [2.05, 4.69) is 56.3 Å². The quantitative estimate of drug-likeness (QED) is 0.724. The van der Waals surface area contributed by atoms with Gasteiger partial charge in [0.05, 0.1) is 6.61 Å². The Labute approximate surface area is 136 Å². The van der Waals surface area contributed by atoms with E-state index in [1.54, 1.807) is 7.11 Å². The highest BCUT2D eigenvalue weighted by Crippen LogP contribution is 2.36. The first-order valence-corrected chi connectivity index (χ1v) is 7.82. The van der Waals surface area contributed by atoms with Gasteiger partial charge in [0.1, 0.15) is 18.5 Å². The summed E-state index contributed by atoms with van der Waals surface area (Å²) in [5.41, 5.74) is 2.40. The first-order chi connectivity index (χ1) is 11.1. The van der Waals surface area contributed by atoms with Gasteiger partial charge >= 0.3 is 0 Å². The van der Waals surface area contributed by atoms with E-state index in [0.717, 1.165) is 27.3 Å². The van der Waals surface area contributed by atoms with Gasteiger partial charge in [-0.25, -0.2) is 0 Å². The zero-order chi connectivity index (χ0) is 16.4. The van der Waals surface area contributed by atoms with E-state index in [1.807, 2.05) is 0 Å². The van der Waals surface area contributed by atoms with Crippen LogP contribution in [0.15, 0.2) is 42.5 Å². The van der Waals surface area contributed by atoms with Gasteiger partial charge in [-0.05, 0) is 36.8 Å². The second-order valence-corrected chi connectivity index (χ2v) is 6.08. The molecule has 0 heterocycles. The Kier molecular flexibility index (Phi) is 4.51. The van der Waals surface area contributed by atoms with Crippen molar-refractivity contribution < 1.29 is 14.6 Å². The SMILES string of the molecule is COCC(O)COc1c2ccc(C)cc2cc2ccc(C)cc12. The summed E-state index contributed by atoms with van der Waals surface area (Å²) in [7, 11) is 1.57. The van der Waals surface area contributed by atoms with E-state index in [9.17, 15) is 5.11 Å². The number of benzene rings is 3. The molecule has 23 heavy (non-hydrogen) atoms. The molecule has 120 valence electrons. The number of aryl methyl sites for hydroxylation is 2. The minimum Gasteiger partial charge on any atom is -0.489 e. The number of rotatable bonds is 5. The molecule has 1 unspecified atom stereocenters. The standard InChI is InChI=1S/C20H22O3/c1-13-5-7-18-16(8-13)10-15-6-4-14(2)9-19(15)20(18)23-12-17(21)11-22-3/h4-10,17,21H,11-12H2,1-3H3. The van der Waals surface area contributed by atoms with Gasteiger partial charge in [-0.1, -0.05) is 41.5 Å². The van der Waals surface area contributed by atoms with Gasteiger partial charge in [0.15, 0.2) is 0 Å². The number of methoxy groups -OCH3 is 1. The van der Waals surface area contributed by atoms with E-state index >= 15 is 0 Å². The smallest absolute Gasteiger partial charge is 0.135 e. The van der Waals surface area contributed by atoms with Crippen molar-refractivity contribution in [3.05, 3.63) is 53.6 Å². The van der Waals surface area contributed by atoms with Gasteiger partial charge < -0.3 is 14.6 Å². The molecule has 3 aromatic rings. The van der Waals surface area contributed by atoms with Crippen molar-refractivity contribution in [2.75, 3.05) is 20.3 Å². The van der Waals surface area contributed by atoms with E-state index in [0.29, 0.717) is 0 Å². The van der Waals surface area contributed by atoms with Crippen molar-refractivity contribution >= 4 is 21.5 Å². The lowest BCUT2D eigenvalue weighted by atomic mass is 9.99. The van der Waals surface area contributed by atoms with Crippen LogP contribution in [0.3, 0.4) is 0 Å². The second-order valence-electron chi connectivity index (χ2n) is 6.08. The predicted molar refractivity (Wildman–Crippen MR) is 94.3 cm³/mol. The van der Waals surface area contributed by atoms with Crippen molar-refractivity contribution in [2.24, 2.45) is 0 Å². The number of aliphatic hydroxyl groups is 1. The molecule has 0 aliphatic heterocycles. The van der Waals surface area contributed by atoms with Crippen LogP contribution >= 0.6 is 0 Å². The minimum absolute atomic E-state index is 0.212. The monoisotopic (exact) mass is 310 g/mol. The Bertz CT molecular complexity index is 839. The summed E-state index contributed by atoms with van der Waals surface area (Å²) in [6.45, 7) is 4.63. The van der Waals surface area contributed by atoms with Crippen LogP contribution in [0, 0.1) is 13.8 Å². The molecule has 0 aliphatic carbocycles. The first kappa shape index (κ1) is 15.8. The third kappa shape index (κ3) is 3.31. The van der Waals surface area contributed by atoms with Crippen molar-refractivity contribution in [1.82, 2.24) is 0 Å². The molecule has 3 heteroatoms. The fraction of sp³-hybridized carbons (Fsp3) is 0.300. The summed E-state index contributed by atoms with van der Waals surface area (Å²) in [6.07, 6.45) is -0.638. The lowest BCUT2D eigenvalue weighted by Crippen LogP contribution is -2.22. The van der Waals surface area contributed by atoms with Crippen molar-refractivity contribution in [3.8, 4) is 5.75 Å². The molecule has 0 aliphatic rings. The molecule has 3 nitrogen and oxygen atoms in total. The lowest BCUT2D eigenvalue weighted by Gasteiger charge is -2.16. The highest BCUT2D eigenvalue weighted by Gasteiger charge is 2.12. The van der Waals surface area contributed by atoms with Gasteiger partial charge in [-0.2, -0.15) is 0 Å². The van der Waals surface area contributed by atoms with Gasteiger partial charge in [0.2, 0.25) is 0 Å². The molecule has 3 rings (SSSR count). The van der Waals surface area contributed by atoms with Crippen LogP contribution in [0.4, 0.5) is 0 Å². The van der Waals surface area contributed by atoms with E-state index in [-0.39, 0.29) is 13.2 Å². The Morgan fingerprint density at radius 2 is 1.61 bits per heavy atom. The van der Waals surface area contributed by atoms with Gasteiger partial charge in [0.25, 0.3) is 0 Å². The van der Waals surface area contributed by atoms with Gasteiger partial charge in [-0.3, -0.25) is 0 Å². The van der Waals surface area contributed by atoms with Gasteiger partial charge in [0, 0.05) is 17.9 Å². The molecule has 1 N–H and O–H groups in total. The Hall–Kier alpha value is -2.10. The predicted octanol–water partition coefficient (Wildman–Crippen LogP) is 4.00. The first-order valence-electron chi connectivity index (χ1n) is 7.82. The molecular weight excluding hydrogens is 288 g/mol. The molecule has 0 radical (unpaired) electrons. The van der Waals surface area contributed by atoms with Crippen molar-refractivity contribution in [3.63, 3.8) is 0 Å². The third-order valence-corrected chi connectivity index (χ3v) is 4.00. The maximum Gasteiger partial charge on any atom is 0.135 e. The summed E-state index contributed by atoms with van der Waals surface area (Å²) in [4.78, 5) is 0. The summed E-state index contributed by atoms with van der Waals surface area (Å²) in [5, 5.41) is 14.3. The summed E-state index contributed by atoms with van der Waals surface area (Å²) in [5.74, 6) is 0.830. The minimum atomic E-state index is -0.638. The normalized spacial score (nSPS) is 12.7. The fourth-order valence-corrected chi connectivity index (χ4v) is 2.89. The average Bonchev–Trinajstić information content (AvgIpc) is 2.52. The number of hydrogen-bond donors (Lipinski definition) is 1. The largest absolute Gasteiger partial charge is 0.489 e. The fourth-order valence-electron chi connectivity index (χ4n) is 2.89. The molecule has 1 atom stereocenters. The highest BCUT2D eigenvalue weighted by molar-refractivity contribution is 6.05. The van der Waals surface area contributed by atoms with Crippen LogP contribution in [-0.2, 0) is 4.74 Å². The molecule has 0 amide bonds. The number of ether oxygens (including phenoxy) is 2. The zero-order valence-electron chi connectivity index (χ0n) is 13.8. The molecule has 0 bridgehead atoms. The van der Waals surface area contributed by atoms with Crippen molar-refractivity contribution in [2.45, 2.75) is 20.0 Å². The van der Waals surface area contributed by atoms with E-state index in [1.165, 1.54) is 11.1 Å².